The maximum absolute atomic E-state index is 8.91. The summed E-state index contributed by atoms with van der Waals surface area (Å²) in [6.45, 7) is 4.84. The zero-order valence-electron chi connectivity index (χ0n) is 9.93. The summed E-state index contributed by atoms with van der Waals surface area (Å²) in [6.07, 6.45) is 2.62. The average molecular weight is 221 g/mol. The number of hydrogen-bond donors (Lipinski definition) is 1. The molecule has 1 aromatic heterocycles. The van der Waals surface area contributed by atoms with Gasteiger partial charge in [0.05, 0.1) is 19.3 Å². The van der Waals surface area contributed by atoms with Gasteiger partial charge in [-0.15, -0.1) is 0 Å². The van der Waals surface area contributed by atoms with E-state index in [-0.39, 0.29) is 6.61 Å². The van der Waals surface area contributed by atoms with Crippen molar-refractivity contribution in [1.29, 1.82) is 0 Å². The van der Waals surface area contributed by atoms with E-state index in [4.69, 9.17) is 5.11 Å². The second-order valence-electron chi connectivity index (χ2n) is 4.34. The van der Waals surface area contributed by atoms with Gasteiger partial charge in [-0.2, -0.15) is 9.98 Å². The molecule has 0 amide bonds. The number of aliphatic hydroxyl groups excluding tert-OH is 1. The van der Waals surface area contributed by atoms with E-state index in [2.05, 4.69) is 22.0 Å². The first-order valence-electron chi connectivity index (χ1n) is 5.44. The third-order valence-electron chi connectivity index (χ3n) is 2.86. The van der Waals surface area contributed by atoms with Gasteiger partial charge in [-0.1, -0.05) is 0 Å². The summed E-state index contributed by atoms with van der Waals surface area (Å²) in [7, 11) is 2.05. The molecular weight excluding hydrogens is 204 g/mol. The molecule has 0 saturated heterocycles. The van der Waals surface area contributed by atoms with Crippen LogP contribution in [0.5, 0.6) is 0 Å². The molecule has 2 heterocycles. The summed E-state index contributed by atoms with van der Waals surface area (Å²) in [5.41, 5.74) is 1.80. The maximum atomic E-state index is 8.91. The van der Waals surface area contributed by atoms with E-state index in [0.29, 0.717) is 4.48 Å². The fourth-order valence-corrected chi connectivity index (χ4v) is 2.00. The number of aryl methyl sites for hydroxylation is 2. The molecule has 1 aromatic rings. The summed E-state index contributed by atoms with van der Waals surface area (Å²) in [5.74, 6) is 1.72. The summed E-state index contributed by atoms with van der Waals surface area (Å²) in [6, 6.07) is 0. The van der Waals surface area contributed by atoms with Crippen molar-refractivity contribution in [2.75, 3.05) is 20.2 Å². The van der Waals surface area contributed by atoms with E-state index in [1.54, 1.807) is 0 Å². The lowest BCUT2D eigenvalue weighted by Crippen LogP contribution is -2.43. The number of nitrogens with zero attached hydrogens (tertiary/aromatic N) is 4. The number of quaternary nitrogens is 1. The van der Waals surface area contributed by atoms with E-state index >= 15 is 0 Å². The number of aliphatic hydroxyl groups is 1. The van der Waals surface area contributed by atoms with Crippen LogP contribution in [0.3, 0.4) is 0 Å². The van der Waals surface area contributed by atoms with Gasteiger partial charge in [0.15, 0.2) is 12.0 Å². The van der Waals surface area contributed by atoms with Crippen LogP contribution in [0.25, 0.3) is 0 Å². The van der Waals surface area contributed by atoms with Crippen molar-refractivity contribution in [2.45, 2.75) is 20.3 Å². The fraction of sp³-hybridized carbons (Fsp3) is 0.545. The van der Waals surface area contributed by atoms with Gasteiger partial charge >= 0.3 is 0 Å². The Morgan fingerprint density at radius 1 is 1.31 bits per heavy atom. The Kier molecular flexibility index (Phi) is 2.73. The number of aliphatic imine (C=N–C) groups is 1. The first-order chi connectivity index (χ1) is 7.57. The smallest absolute Gasteiger partial charge is 0.263 e. The highest BCUT2D eigenvalue weighted by Crippen LogP contribution is 2.36. The molecule has 0 bridgehead atoms. The first kappa shape index (κ1) is 11.2. The highest BCUT2D eigenvalue weighted by Gasteiger charge is 2.34. The van der Waals surface area contributed by atoms with Crippen molar-refractivity contribution in [3.8, 4) is 0 Å². The van der Waals surface area contributed by atoms with Crippen molar-refractivity contribution in [2.24, 2.45) is 4.99 Å². The SMILES string of the molecule is Cc1nc(C)c2c(n1)[N+](C)(CCCO)C=N2. The van der Waals surface area contributed by atoms with Gasteiger partial charge in [-0.3, -0.25) is 0 Å². The molecule has 0 aliphatic carbocycles. The van der Waals surface area contributed by atoms with E-state index < -0.39 is 0 Å². The lowest BCUT2D eigenvalue weighted by atomic mass is 10.3. The first-order valence-corrected chi connectivity index (χ1v) is 5.44. The Bertz CT molecular complexity index is 444. The lowest BCUT2D eigenvalue weighted by molar-refractivity contribution is 0.275. The van der Waals surface area contributed by atoms with Crippen molar-refractivity contribution in [3.63, 3.8) is 0 Å². The molecule has 5 nitrogen and oxygen atoms in total. The van der Waals surface area contributed by atoms with Gasteiger partial charge in [0.25, 0.3) is 5.82 Å². The molecule has 5 heteroatoms. The highest BCUT2D eigenvalue weighted by molar-refractivity contribution is 5.87. The fourth-order valence-electron chi connectivity index (χ4n) is 2.00. The molecule has 16 heavy (non-hydrogen) atoms. The molecule has 2 rings (SSSR count). The third kappa shape index (κ3) is 1.72. The van der Waals surface area contributed by atoms with Gasteiger partial charge in [0, 0.05) is 13.0 Å². The second-order valence-corrected chi connectivity index (χ2v) is 4.34. The molecule has 1 N–H and O–H groups in total. The van der Waals surface area contributed by atoms with E-state index in [1.165, 1.54) is 0 Å². The van der Waals surface area contributed by atoms with Crippen LogP contribution in [0.4, 0.5) is 11.5 Å². The number of fused-ring (bicyclic) bond motifs is 1. The Labute approximate surface area is 95.1 Å². The lowest BCUT2D eigenvalue weighted by Gasteiger charge is -2.24. The molecule has 1 aliphatic rings. The Balaban J connectivity index is 2.42. The average Bonchev–Trinajstić information content (AvgIpc) is 2.55. The normalized spacial score (nSPS) is 22.5. The molecule has 1 unspecified atom stereocenters. The van der Waals surface area contributed by atoms with Crippen LogP contribution in [0, 0.1) is 13.8 Å². The standard InChI is InChI=1S/C11H17N4O/c1-8-10-11(14-9(2)13-8)15(3,7-12-10)5-4-6-16/h7,16H,4-6H2,1-3H3/q+1. The Morgan fingerprint density at radius 3 is 2.75 bits per heavy atom. The molecule has 0 spiro atoms. The second kappa shape index (κ2) is 3.92. The largest absolute Gasteiger partial charge is 0.396 e. The predicted octanol–water partition coefficient (Wildman–Crippen LogP) is 1.09. The minimum atomic E-state index is 0.195. The number of hydrogen-bond acceptors (Lipinski definition) is 4. The Hall–Kier alpha value is -1.33. The van der Waals surface area contributed by atoms with Crippen LogP contribution in [0.15, 0.2) is 4.99 Å². The summed E-state index contributed by atoms with van der Waals surface area (Å²) < 4.78 is 0.556. The predicted molar refractivity (Wildman–Crippen MR) is 63.9 cm³/mol. The van der Waals surface area contributed by atoms with Gasteiger partial charge in [0.2, 0.25) is 0 Å². The van der Waals surface area contributed by atoms with Gasteiger partial charge in [-0.05, 0) is 13.8 Å². The summed E-state index contributed by atoms with van der Waals surface area (Å²) >= 11 is 0. The van der Waals surface area contributed by atoms with Crippen LogP contribution >= 0.6 is 0 Å². The number of rotatable bonds is 3. The van der Waals surface area contributed by atoms with Gasteiger partial charge in [-0.25, -0.2) is 9.47 Å². The molecule has 86 valence electrons. The maximum Gasteiger partial charge on any atom is 0.263 e. The Morgan fingerprint density at radius 2 is 2.06 bits per heavy atom. The zero-order valence-corrected chi connectivity index (χ0v) is 9.93. The zero-order chi connectivity index (χ0) is 11.8. The van der Waals surface area contributed by atoms with E-state index in [1.807, 2.05) is 20.2 Å². The third-order valence-corrected chi connectivity index (χ3v) is 2.86. The summed E-state index contributed by atoms with van der Waals surface area (Å²) in [5, 5.41) is 8.91. The topological polar surface area (TPSA) is 58.4 Å². The van der Waals surface area contributed by atoms with Crippen molar-refractivity contribution in [3.05, 3.63) is 11.5 Å². The molecule has 0 radical (unpaired) electrons. The van der Waals surface area contributed by atoms with Crippen molar-refractivity contribution < 1.29 is 5.11 Å². The van der Waals surface area contributed by atoms with Crippen molar-refractivity contribution in [1.82, 2.24) is 14.5 Å². The molecule has 1 aliphatic heterocycles. The van der Waals surface area contributed by atoms with Crippen LogP contribution < -0.4 is 4.48 Å². The molecular formula is C11H17N4O+. The van der Waals surface area contributed by atoms with Crippen LogP contribution in [-0.2, 0) is 0 Å². The minimum Gasteiger partial charge on any atom is -0.396 e. The molecule has 0 aromatic carbocycles. The molecule has 0 fully saturated rings. The quantitative estimate of drug-likeness (QED) is 0.777. The summed E-state index contributed by atoms with van der Waals surface area (Å²) in [4.78, 5) is 13.2. The van der Waals surface area contributed by atoms with E-state index in [0.717, 1.165) is 36.0 Å². The van der Waals surface area contributed by atoms with Gasteiger partial charge < -0.3 is 5.11 Å². The van der Waals surface area contributed by atoms with Crippen LogP contribution in [0.1, 0.15) is 17.9 Å². The monoisotopic (exact) mass is 221 g/mol. The highest BCUT2D eigenvalue weighted by atomic mass is 16.3. The van der Waals surface area contributed by atoms with Gasteiger partial charge in [0.1, 0.15) is 5.82 Å². The minimum absolute atomic E-state index is 0.195. The molecule has 0 saturated carbocycles. The van der Waals surface area contributed by atoms with Crippen molar-refractivity contribution >= 4 is 17.8 Å². The van der Waals surface area contributed by atoms with Crippen LogP contribution in [0.2, 0.25) is 0 Å². The van der Waals surface area contributed by atoms with E-state index in [9.17, 15) is 0 Å². The van der Waals surface area contributed by atoms with Crippen LogP contribution in [-0.4, -0.2) is 41.6 Å². The molecule has 1 atom stereocenters. The number of aromatic nitrogens is 2.